The Balaban J connectivity index is 1.60. The van der Waals surface area contributed by atoms with Gasteiger partial charge in [-0.1, -0.05) is 0 Å². The number of urea groups is 1. The molecular formula is C21H22F3N7O3. The molecule has 4 rings (SSSR count). The van der Waals surface area contributed by atoms with Crippen molar-refractivity contribution in [2.45, 2.75) is 38.5 Å². The Morgan fingerprint density at radius 2 is 1.94 bits per heavy atom. The van der Waals surface area contributed by atoms with E-state index in [1.807, 2.05) is 10.2 Å². The molecule has 1 fully saturated rings. The maximum atomic E-state index is 13.2. The summed E-state index contributed by atoms with van der Waals surface area (Å²) in [5, 5.41) is 7.15. The van der Waals surface area contributed by atoms with Crippen LogP contribution in [0.1, 0.15) is 30.8 Å². The fraction of sp³-hybridized carbons (Fsp3) is 0.381. The lowest BCUT2D eigenvalue weighted by Gasteiger charge is -2.35. The summed E-state index contributed by atoms with van der Waals surface area (Å²) in [6, 6.07) is 3.11. The molecule has 4 heterocycles. The monoisotopic (exact) mass is 477 g/mol. The average molecular weight is 477 g/mol. The molecule has 180 valence electrons. The second kappa shape index (κ2) is 8.80. The minimum Gasteiger partial charge on any atom is -0.366 e. The minimum atomic E-state index is -4.60. The summed E-state index contributed by atoms with van der Waals surface area (Å²) in [6.07, 6.45) is -2.53. The number of anilines is 4. The van der Waals surface area contributed by atoms with Gasteiger partial charge in [-0.2, -0.15) is 13.2 Å². The van der Waals surface area contributed by atoms with E-state index >= 15 is 0 Å². The molecule has 2 aromatic rings. The molecule has 10 nitrogen and oxygen atoms in total. The van der Waals surface area contributed by atoms with Crippen LogP contribution in [0.5, 0.6) is 0 Å². The van der Waals surface area contributed by atoms with Crippen molar-refractivity contribution in [3.05, 3.63) is 36.2 Å². The van der Waals surface area contributed by atoms with Crippen LogP contribution in [0.15, 0.2) is 30.5 Å². The van der Waals surface area contributed by atoms with E-state index in [2.05, 4.69) is 20.6 Å². The molecule has 0 saturated carbocycles. The highest BCUT2D eigenvalue weighted by atomic mass is 19.4. The van der Waals surface area contributed by atoms with Gasteiger partial charge in [0.25, 0.3) is 5.91 Å². The SMILES string of the molecule is CC(=O)Nc1ccnc(NC(=O)N2c3nc(C(=O)N[C@H](C)C(F)(F)F)ccc3N3CCC2C3)c1. The van der Waals surface area contributed by atoms with Crippen molar-refractivity contribution in [1.82, 2.24) is 15.3 Å². The second-order valence-electron chi connectivity index (χ2n) is 8.08. The fourth-order valence-corrected chi connectivity index (χ4v) is 3.90. The normalized spacial score (nSPS) is 17.6. The molecule has 1 saturated heterocycles. The summed E-state index contributed by atoms with van der Waals surface area (Å²) < 4.78 is 38.6. The van der Waals surface area contributed by atoms with Crippen molar-refractivity contribution >= 4 is 40.9 Å². The van der Waals surface area contributed by atoms with Gasteiger partial charge in [0, 0.05) is 38.0 Å². The van der Waals surface area contributed by atoms with Gasteiger partial charge in [0.15, 0.2) is 5.82 Å². The highest BCUT2D eigenvalue weighted by Crippen LogP contribution is 2.39. The summed E-state index contributed by atoms with van der Waals surface area (Å²) >= 11 is 0. The molecule has 2 aliphatic rings. The topological polar surface area (TPSA) is 120 Å². The van der Waals surface area contributed by atoms with Gasteiger partial charge in [-0.25, -0.2) is 14.8 Å². The maximum Gasteiger partial charge on any atom is 0.408 e. The zero-order chi connectivity index (χ0) is 24.6. The average Bonchev–Trinajstić information content (AvgIpc) is 3.16. The maximum absolute atomic E-state index is 13.2. The molecule has 3 N–H and O–H groups in total. The van der Waals surface area contributed by atoms with Crippen LogP contribution in [-0.2, 0) is 4.79 Å². The quantitative estimate of drug-likeness (QED) is 0.623. The highest BCUT2D eigenvalue weighted by Gasteiger charge is 2.41. The Labute approximate surface area is 192 Å². The van der Waals surface area contributed by atoms with E-state index < -0.39 is 24.2 Å². The zero-order valence-electron chi connectivity index (χ0n) is 18.3. The number of carbonyl (C=O) groups excluding carboxylic acids is 3. The molecule has 2 aromatic heterocycles. The van der Waals surface area contributed by atoms with Gasteiger partial charge in [-0.05, 0) is 31.5 Å². The predicted octanol–water partition coefficient (Wildman–Crippen LogP) is 2.75. The first-order valence-corrected chi connectivity index (χ1v) is 10.5. The van der Waals surface area contributed by atoms with Gasteiger partial charge in [-0.15, -0.1) is 0 Å². The molecule has 0 aromatic carbocycles. The number of rotatable bonds is 4. The molecule has 2 atom stereocenters. The molecule has 0 aliphatic carbocycles. The third-order valence-electron chi connectivity index (χ3n) is 5.56. The third kappa shape index (κ3) is 4.72. The lowest BCUT2D eigenvalue weighted by molar-refractivity contribution is -0.149. The van der Waals surface area contributed by atoms with E-state index in [-0.39, 0.29) is 29.3 Å². The van der Waals surface area contributed by atoms with Gasteiger partial charge in [-0.3, -0.25) is 19.8 Å². The minimum absolute atomic E-state index is 0.177. The van der Waals surface area contributed by atoms with Crippen LogP contribution in [0.25, 0.3) is 0 Å². The van der Waals surface area contributed by atoms with Crippen molar-refractivity contribution < 1.29 is 27.6 Å². The predicted molar refractivity (Wildman–Crippen MR) is 118 cm³/mol. The number of halogens is 3. The summed E-state index contributed by atoms with van der Waals surface area (Å²) in [4.78, 5) is 48.7. The number of nitrogens with one attached hydrogen (secondary N) is 3. The molecule has 34 heavy (non-hydrogen) atoms. The van der Waals surface area contributed by atoms with Gasteiger partial charge in [0.2, 0.25) is 5.91 Å². The Hall–Kier alpha value is -3.90. The van der Waals surface area contributed by atoms with Crippen LogP contribution in [0.2, 0.25) is 0 Å². The molecule has 1 unspecified atom stereocenters. The fourth-order valence-electron chi connectivity index (χ4n) is 3.90. The first kappa shape index (κ1) is 23.3. The Morgan fingerprint density at radius 1 is 1.18 bits per heavy atom. The van der Waals surface area contributed by atoms with Crippen molar-refractivity contribution in [2.24, 2.45) is 0 Å². The second-order valence-corrected chi connectivity index (χ2v) is 8.08. The Bertz CT molecular complexity index is 1140. The van der Waals surface area contributed by atoms with Crippen molar-refractivity contribution in [2.75, 3.05) is 33.5 Å². The number of fused-ring (bicyclic) bond motifs is 4. The molecule has 4 amide bonds. The first-order chi connectivity index (χ1) is 16.0. The molecule has 2 aliphatic heterocycles. The lowest BCUT2D eigenvalue weighted by atomic mass is 10.1. The Kier molecular flexibility index (Phi) is 6.02. The van der Waals surface area contributed by atoms with Gasteiger partial charge in [0.1, 0.15) is 17.6 Å². The van der Waals surface area contributed by atoms with Gasteiger partial charge >= 0.3 is 12.2 Å². The van der Waals surface area contributed by atoms with Crippen LogP contribution < -0.4 is 25.8 Å². The van der Waals surface area contributed by atoms with Gasteiger partial charge in [0.05, 0.1) is 11.7 Å². The zero-order valence-corrected chi connectivity index (χ0v) is 18.3. The molecule has 2 bridgehead atoms. The van der Waals surface area contributed by atoms with Crippen LogP contribution in [-0.4, -0.2) is 59.2 Å². The van der Waals surface area contributed by atoms with Crippen molar-refractivity contribution in [1.29, 1.82) is 0 Å². The summed E-state index contributed by atoms with van der Waals surface area (Å²) in [7, 11) is 0. The number of nitrogens with zero attached hydrogens (tertiary/aromatic N) is 4. The van der Waals surface area contributed by atoms with Crippen LogP contribution in [0.3, 0.4) is 0 Å². The van der Waals surface area contributed by atoms with Crippen LogP contribution >= 0.6 is 0 Å². The first-order valence-electron chi connectivity index (χ1n) is 10.5. The van der Waals surface area contributed by atoms with E-state index in [0.717, 1.165) is 6.92 Å². The standard InChI is InChI=1S/C21H22F3N7O3/c1-11(21(22,23)24)26-19(33)15-3-4-16-18(28-15)31(14-6-8-30(16)10-14)20(34)29-17-9-13(5-7-25-17)27-12(2)32/h3-5,7,9,11,14H,6,8,10H2,1-2H3,(H,26,33)(H2,25,27,29,32,34)/t11-,14?/m1/s1. The van der Waals surface area contributed by atoms with Gasteiger partial charge < -0.3 is 15.5 Å². The largest absolute Gasteiger partial charge is 0.408 e. The summed E-state index contributed by atoms with van der Waals surface area (Å²) in [5.74, 6) is -0.914. The van der Waals surface area contributed by atoms with E-state index in [9.17, 15) is 27.6 Å². The van der Waals surface area contributed by atoms with Crippen LogP contribution in [0, 0.1) is 0 Å². The number of carbonyl (C=O) groups is 3. The number of pyridine rings is 2. The van der Waals surface area contributed by atoms with Crippen molar-refractivity contribution in [3.63, 3.8) is 0 Å². The molecule has 0 spiro atoms. The van der Waals surface area contributed by atoms with E-state index in [1.54, 1.807) is 12.1 Å². The van der Waals surface area contributed by atoms with Crippen molar-refractivity contribution in [3.8, 4) is 0 Å². The third-order valence-corrected chi connectivity index (χ3v) is 5.56. The summed E-state index contributed by atoms with van der Waals surface area (Å²) in [6.45, 7) is 3.41. The number of alkyl halides is 3. The number of aromatic nitrogens is 2. The van der Waals surface area contributed by atoms with E-state index in [1.165, 1.54) is 30.2 Å². The smallest absolute Gasteiger partial charge is 0.366 e. The van der Waals surface area contributed by atoms with E-state index in [4.69, 9.17) is 0 Å². The molecular weight excluding hydrogens is 455 g/mol. The van der Waals surface area contributed by atoms with E-state index in [0.29, 0.717) is 30.9 Å². The number of hydrogen-bond donors (Lipinski definition) is 3. The Morgan fingerprint density at radius 3 is 2.65 bits per heavy atom. The highest BCUT2D eigenvalue weighted by molar-refractivity contribution is 6.05. The number of amides is 4. The lowest BCUT2D eigenvalue weighted by Crippen LogP contribution is -2.49. The molecule has 13 heteroatoms. The summed E-state index contributed by atoms with van der Waals surface area (Å²) in [5.41, 5.74) is 0.810. The van der Waals surface area contributed by atoms with Crippen LogP contribution in [0.4, 0.5) is 41.0 Å². The molecule has 0 radical (unpaired) electrons. The number of hydrogen-bond acceptors (Lipinski definition) is 6.